The van der Waals surface area contributed by atoms with E-state index in [4.69, 9.17) is 10.1 Å². The number of esters is 1. The molecule has 0 unspecified atom stereocenters. The van der Waals surface area contributed by atoms with Crippen molar-refractivity contribution in [2.24, 2.45) is 7.05 Å². The molecule has 1 N–H and O–H groups in total. The molecule has 3 rings (SSSR count). The van der Waals surface area contributed by atoms with E-state index in [9.17, 15) is 9.59 Å². The van der Waals surface area contributed by atoms with Crippen LogP contribution in [0.1, 0.15) is 21.1 Å². The topological polar surface area (TPSA) is 82.0 Å². The lowest BCUT2D eigenvalue weighted by Crippen LogP contribution is -2.24. The highest BCUT2D eigenvalue weighted by atomic mass is 32.1. The van der Waals surface area contributed by atoms with Gasteiger partial charge in [-0.15, -0.1) is 0 Å². The molecule has 0 fully saturated rings. The van der Waals surface area contributed by atoms with Crippen LogP contribution in [0.4, 0.5) is 0 Å². The van der Waals surface area contributed by atoms with Gasteiger partial charge in [0, 0.05) is 12.7 Å². The fourth-order valence-corrected chi connectivity index (χ4v) is 3.75. The van der Waals surface area contributed by atoms with Gasteiger partial charge in [-0.2, -0.15) is 0 Å². The molecule has 0 aliphatic heterocycles. The van der Waals surface area contributed by atoms with E-state index in [1.165, 1.54) is 11.7 Å². The molecule has 0 bridgehead atoms. The van der Waals surface area contributed by atoms with Gasteiger partial charge >= 0.3 is 5.97 Å². The molecule has 2 aromatic heterocycles. The number of hydrogen-bond donors (Lipinski definition) is 1. The number of carbonyl (C=O) groups excluding carboxylic acids is 1. The molecule has 0 spiro atoms. The highest BCUT2D eigenvalue weighted by Crippen LogP contribution is 2.19. The average Bonchev–Trinajstić information content (AvgIpc) is 3.01. The molecular weight excluding hydrogens is 340 g/mol. The summed E-state index contributed by atoms with van der Waals surface area (Å²) in [4.78, 5) is 25.4. The fraction of sp³-hybridized carbons (Fsp3) is 0.235. The minimum absolute atomic E-state index is 0.101. The van der Waals surface area contributed by atoms with Gasteiger partial charge in [-0.1, -0.05) is 29.5 Å². The molecule has 0 aliphatic rings. The number of hydrogen-bond acceptors (Lipinski definition) is 5. The van der Waals surface area contributed by atoms with Gasteiger partial charge < -0.3 is 4.74 Å². The third kappa shape index (κ3) is 2.54. The van der Waals surface area contributed by atoms with Gasteiger partial charge in [-0.25, -0.2) is 9.48 Å². The van der Waals surface area contributed by atoms with Gasteiger partial charge in [0.1, 0.15) is 10.6 Å². The van der Waals surface area contributed by atoms with Crippen molar-refractivity contribution < 1.29 is 9.53 Å². The first kappa shape index (κ1) is 17.0. The molecule has 0 aliphatic carbocycles. The first-order chi connectivity index (χ1) is 11.9. The molecule has 2 heterocycles. The third-order valence-corrected chi connectivity index (χ3v) is 5.23. The average molecular weight is 358 g/mol. The van der Waals surface area contributed by atoms with Crippen LogP contribution in [0.5, 0.6) is 0 Å². The van der Waals surface area contributed by atoms with E-state index in [1.54, 1.807) is 23.3 Å². The monoisotopic (exact) mass is 358 g/mol. The van der Waals surface area contributed by atoms with E-state index in [0.29, 0.717) is 22.0 Å². The van der Waals surface area contributed by atoms with Gasteiger partial charge in [0.05, 0.1) is 18.5 Å². The molecule has 7 nitrogen and oxygen atoms in total. The zero-order valence-corrected chi connectivity index (χ0v) is 15.2. The van der Waals surface area contributed by atoms with Crippen LogP contribution in [0, 0.1) is 19.3 Å². The minimum Gasteiger partial charge on any atom is -0.465 e. The fourth-order valence-electron chi connectivity index (χ4n) is 2.83. The van der Waals surface area contributed by atoms with Crippen LogP contribution in [-0.2, 0) is 11.8 Å². The summed E-state index contributed by atoms with van der Waals surface area (Å²) in [7, 11) is 3.09. The minimum atomic E-state index is -0.508. The van der Waals surface area contributed by atoms with E-state index >= 15 is 0 Å². The Morgan fingerprint density at radius 3 is 2.40 bits per heavy atom. The van der Waals surface area contributed by atoms with Crippen molar-refractivity contribution in [2.45, 2.75) is 13.8 Å². The molecule has 8 heteroatoms. The summed E-state index contributed by atoms with van der Waals surface area (Å²) in [5.41, 5.74) is 2.07. The zero-order valence-electron chi connectivity index (χ0n) is 14.4. The number of thiazole rings is 1. The standard InChI is InChI=1S/C17H18N4O3S/c1-10-13(20-11(2)14(16(23)24-4)25-17(20)18)15(22)21(19(10)3)12-8-6-5-7-9-12/h5-9,18H,1-4H3. The molecule has 0 saturated heterocycles. The molecule has 3 aromatic rings. The second kappa shape index (κ2) is 6.21. The van der Waals surface area contributed by atoms with Crippen molar-refractivity contribution in [1.29, 1.82) is 5.41 Å². The second-order valence-electron chi connectivity index (χ2n) is 5.56. The van der Waals surface area contributed by atoms with Gasteiger partial charge in [0.15, 0.2) is 4.80 Å². The molecule has 25 heavy (non-hydrogen) atoms. The molecule has 0 atom stereocenters. The third-order valence-electron chi connectivity index (χ3n) is 4.18. The largest absolute Gasteiger partial charge is 0.465 e. The zero-order chi connectivity index (χ0) is 18.3. The van der Waals surface area contributed by atoms with E-state index in [1.807, 2.05) is 37.3 Å². The molecular formula is C17H18N4O3S. The SMILES string of the molecule is COC(=O)c1sc(=N)n(-c2c(C)n(C)n(-c3ccccc3)c2=O)c1C. The van der Waals surface area contributed by atoms with E-state index in [-0.39, 0.29) is 10.4 Å². The number of carbonyl (C=O) groups is 1. The van der Waals surface area contributed by atoms with Crippen LogP contribution in [-0.4, -0.2) is 27.0 Å². The highest BCUT2D eigenvalue weighted by Gasteiger charge is 2.24. The van der Waals surface area contributed by atoms with Crippen LogP contribution in [0.2, 0.25) is 0 Å². The molecule has 0 radical (unpaired) electrons. The van der Waals surface area contributed by atoms with Crippen LogP contribution in [0.15, 0.2) is 35.1 Å². The molecule has 0 saturated carbocycles. The van der Waals surface area contributed by atoms with Crippen molar-refractivity contribution in [2.75, 3.05) is 7.11 Å². The van der Waals surface area contributed by atoms with E-state index < -0.39 is 5.97 Å². The predicted molar refractivity (Wildman–Crippen MR) is 94.9 cm³/mol. The van der Waals surface area contributed by atoms with Crippen LogP contribution in [0.3, 0.4) is 0 Å². The summed E-state index contributed by atoms with van der Waals surface area (Å²) < 4.78 is 9.57. The lowest BCUT2D eigenvalue weighted by Gasteiger charge is -2.07. The smallest absolute Gasteiger partial charge is 0.349 e. The second-order valence-corrected chi connectivity index (χ2v) is 6.56. The maximum absolute atomic E-state index is 13.1. The molecule has 0 amide bonds. The van der Waals surface area contributed by atoms with Gasteiger partial charge in [0.2, 0.25) is 0 Å². The maximum atomic E-state index is 13.1. The van der Waals surface area contributed by atoms with Crippen LogP contribution < -0.4 is 10.4 Å². The first-order valence-electron chi connectivity index (χ1n) is 7.58. The Bertz CT molecular complexity index is 1070. The predicted octanol–water partition coefficient (Wildman–Crippen LogP) is 1.91. The van der Waals surface area contributed by atoms with Gasteiger partial charge in [-0.3, -0.25) is 19.5 Å². The number of methoxy groups -OCH3 is 1. The number of nitrogens with zero attached hydrogens (tertiary/aromatic N) is 3. The lowest BCUT2D eigenvalue weighted by molar-refractivity contribution is 0.0605. The normalized spacial score (nSPS) is 10.9. The number of nitrogens with one attached hydrogen (secondary N) is 1. The number of benzene rings is 1. The van der Waals surface area contributed by atoms with Crippen molar-refractivity contribution in [1.82, 2.24) is 13.9 Å². The van der Waals surface area contributed by atoms with Crippen molar-refractivity contribution in [3.63, 3.8) is 0 Å². The Kier molecular flexibility index (Phi) is 4.22. The maximum Gasteiger partial charge on any atom is 0.349 e. The Labute approximate surface area is 147 Å². The molecule has 1 aromatic carbocycles. The quantitative estimate of drug-likeness (QED) is 0.726. The number of rotatable bonds is 3. The van der Waals surface area contributed by atoms with Crippen LogP contribution in [0.25, 0.3) is 11.4 Å². The number of ether oxygens (including phenoxy) is 1. The van der Waals surface area contributed by atoms with Crippen molar-refractivity contribution in [3.05, 3.63) is 61.8 Å². The van der Waals surface area contributed by atoms with Gasteiger partial charge in [-0.05, 0) is 26.0 Å². The van der Waals surface area contributed by atoms with Crippen molar-refractivity contribution >= 4 is 17.3 Å². The summed E-state index contributed by atoms with van der Waals surface area (Å²) >= 11 is 0.995. The summed E-state index contributed by atoms with van der Waals surface area (Å²) in [6, 6.07) is 9.29. The Morgan fingerprint density at radius 2 is 1.80 bits per heavy atom. The van der Waals surface area contributed by atoms with Crippen LogP contribution >= 0.6 is 11.3 Å². The highest BCUT2D eigenvalue weighted by molar-refractivity contribution is 7.11. The summed E-state index contributed by atoms with van der Waals surface area (Å²) in [6.07, 6.45) is 0. The van der Waals surface area contributed by atoms with E-state index in [2.05, 4.69) is 0 Å². The summed E-state index contributed by atoms with van der Waals surface area (Å²) in [5, 5.41) is 8.23. The number of aromatic nitrogens is 3. The molecule has 130 valence electrons. The van der Waals surface area contributed by atoms with Crippen molar-refractivity contribution in [3.8, 4) is 11.4 Å². The first-order valence-corrected chi connectivity index (χ1v) is 8.39. The number of para-hydroxylation sites is 1. The Morgan fingerprint density at radius 1 is 1.16 bits per heavy atom. The Hall–Kier alpha value is -2.87. The summed E-state index contributed by atoms with van der Waals surface area (Å²) in [6.45, 7) is 3.52. The lowest BCUT2D eigenvalue weighted by atomic mass is 10.3. The Balaban J connectivity index is 2.32. The van der Waals surface area contributed by atoms with E-state index in [0.717, 1.165) is 17.0 Å². The van der Waals surface area contributed by atoms with Gasteiger partial charge in [0.25, 0.3) is 5.56 Å². The summed E-state index contributed by atoms with van der Waals surface area (Å²) in [5.74, 6) is -0.508.